The van der Waals surface area contributed by atoms with Crippen LogP contribution in [0.15, 0.2) is 53.6 Å². The lowest BCUT2D eigenvalue weighted by Gasteiger charge is -2.11. The lowest BCUT2D eigenvalue weighted by molar-refractivity contribution is 0.414. The summed E-state index contributed by atoms with van der Waals surface area (Å²) in [6.45, 7) is 6.25. The molecule has 0 heterocycles. The molecule has 24 heavy (non-hydrogen) atoms. The minimum atomic E-state index is 0.446. The van der Waals surface area contributed by atoms with Crippen molar-refractivity contribution in [3.05, 3.63) is 59.7 Å². The zero-order valence-electron chi connectivity index (χ0n) is 14.5. The quantitative estimate of drug-likeness (QED) is 0.476. The molecule has 2 N–H and O–H groups in total. The van der Waals surface area contributed by atoms with Crippen LogP contribution >= 0.6 is 12.2 Å². The molecule has 2 aromatic rings. The molecule has 0 saturated carbocycles. The second-order valence-corrected chi connectivity index (χ2v) is 6.15. The van der Waals surface area contributed by atoms with Crippen LogP contribution in [0.1, 0.15) is 37.8 Å². The van der Waals surface area contributed by atoms with E-state index in [4.69, 9.17) is 17.0 Å². The molecule has 0 atom stereocenters. The molecule has 0 aliphatic carbocycles. The minimum absolute atomic E-state index is 0.446. The monoisotopic (exact) mass is 341 g/mol. The van der Waals surface area contributed by atoms with Gasteiger partial charge in [0.05, 0.1) is 12.8 Å². The van der Waals surface area contributed by atoms with Crippen molar-refractivity contribution >= 4 is 28.7 Å². The van der Waals surface area contributed by atoms with Gasteiger partial charge in [-0.3, -0.25) is 5.43 Å². The normalized spacial score (nSPS) is 11.3. The van der Waals surface area contributed by atoms with E-state index in [1.807, 2.05) is 43.3 Å². The van der Waals surface area contributed by atoms with Gasteiger partial charge in [0, 0.05) is 11.3 Å². The summed E-state index contributed by atoms with van der Waals surface area (Å²) in [4.78, 5) is 0. The van der Waals surface area contributed by atoms with Crippen molar-refractivity contribution in [2.24, 2.45) is 5.10 Å². The fourth-order valence-corrected chi connectivity index (χ4v) is 2.41. The molecule has 0 spiro atoms. The van der Waals surface area contributed by atoms with Gasteiger partial charge in [0.15, 0.2) is 5.11 Å². The van der Waals surface area contributed by atoms with E-state index in [9.17, 15) is 0 Å². The second kappa shape index (κ2) is 8.45. The summed E-state index contributed by atoms with van der Waals surface area (Å²) in [5.74, 6) is 1.29. The van der Waals surface area contributed by atoms with Crippen LogP contribution in [0, 0.1) is 0 Å². The molecule has 0 fully saturated rings. The Morgan fingerprint density at radius 3 is 2.38 bits per heavy atom. The minimum Gasteiger partial charge on any atom is -0.496 e. The van der Waals surface area contributed by atoms with Crippen LogP contribution in [0.5, 0.6) is 5.75 Å². The van der Waals surface area contributed by atoms with Gasteiger partial charge >= 0.3 is 0 Å². The first kappa shape index (κ1) is 17.9. The SMILES string of the molecule is COc1ccccc1C(C)=NNC(=S)Nc1ccc(C(C)C)cc1. The summed E-state index contributed by atoms with van der Waals surface area (Å²) in [5, 5.41) is 7.90. The predicted octanol–water partition coefficient (Wildman–Crippen LogP) is 4.53. The van der Waals surface area contributed by atoms with Crippen LogP contribution < -0.4 is 15.5 Å². The van der Waals surface area contributed by atoms with E-state index in [0.717, 1.165) is 22.7 Å². The fraction of sp³-hybridized carbons (Fsp3) is 0.263. The van der Waals surface area contributed by atoms with Gasteiger partial charge in [0.1, 0.15) is 5.75 Å². The van der Waals surface area contributed by atoms with Gasteiger partial charge in [-0.2, -0.15) is 5.10 Å². The van der Waals surface area contributed by atoms with E-state index in [2.05, 4.69) is 41.8 Å². The maximum Gasteiger partial charge on any atom is 0.191 e. The summed E-state index contributed by atoms with van der Waals surface area (Å²) in [6.07, 6.45) is 0. The zero-order chi connectivity index (χ0) is 17.5. The zero-order valence-corrected chi connectivity index (χ0v) is 15.3. The number of hydrogen-bond acceptors (Lipinski definition) is 3. The third-order valence-electron chi connectivity index (χ3n) is 3.66. The number of methoxy groups -OCH3 is 1. The Morgan fingerprint density at radius 2 is 1.75 bits per heavy atom. The molecule has 2 aromatic carbocycles. The lowest BCUT2D eigenvalue weighted by atomic mass is 10.0. The van der Waals surface area contributed by atoms with Gasteiger partial charge in [-0.1, -0.05) is 38.1 Å². The molecule has 5 heteroatoms. The van der Waals surface area contributed by atoms with Crippen molar-refractivity contribution in [3.63, 3.8) is 0 Å². The average Bonchev–Trinajstić information content (AvgIpc) is 2.60. The van der Waals surface area contributed by atoms with Crippen molar-refractivity contribution in [2.45, 2.75) is 26.7 Å². The summed E-state index contributed by atoms with van der Waals surface area (Å²) in [7, 11) is 1.65. The Bertz CT molecular complexity index is 724. The Labute approximate surface area is 148 Å². The van der Waals surface area contributed by atoms with Gasteiger partial charge < -0.3 is 10.1 Å². The van der Waals surface area contributed by atoms with Crippen LogP contribution in [0.2, 0.25) is 0 Å². The molecule has 0 radical (unpaired) electrons. The van der Waals surface area contributed by atoms with Crippen LogP contribution in [-0.4, -0.2) is 17.9 Å². The summed E-state index contributed by atoms with van der Waals surface area (Å²) >= 11 is 5.29. The molecular weight excluding hydrogens is 318 g/mol. The molecule has 0 amide bonds. The van der Waals surface area contributed by atoms with Crippen LogP contribution in [0.25, 0.3) is 0 Å². The number of ether oxygens (including phenoxy) is 1. The number of benzene rings is 2. The predicted molar refractivity (Wildman–Crippen MR) is 105 cm³/mol. The molecule has 0 bridgehead atoms. The molecule has 126 valence electrons. The highest BCUT2D eigenvalue weighted by Crippen LogP contribution is 2.18. The van der Waals surface area contributed by atoms with Gasteiger partial charge in [0.25, 0.3) is 0 Å². The maximum absolute atomic E-state index is 5.34. The van der Waals surface area contributed by atoms with Crippen LogP contribution in [-0.2, 0) is 0 Å². The first-order valence-corrected chi connectivity index (χ1v) is 8.26. The standard InChI is InChI=1S/C19H23N3OS/c1-13(2)15-9-11-16(12-10-15)20-19(24)22-21-14(3)17-7-5-6-8-18(17)23-4/h5-13H,1-4H3,(H2,20,22,24). The Balaban J connectivity index is 1.99. The first-order chi connectivity index (χ1) is 11.5. The van der Waals surface area contributed by atoms with E-state index >= 15 is 0 Å². The maximum atomic E-state index is 5.34. The van der Waals surface area contributed by atoms with Crippen molar-refractivity contribution in [1.29, 1.82) is 0 Å². The topological polar surface area (TPSA) is 45.6 Å². The Morgan fingerprint density at radius 1 is 1.08 bits per heavy atom. The average molecular weight is 341 g/mol. The molecule has 2 rings (SSSR count). The van der Waals surface area contributed by atoms with Gasteiger partial charge in [0.2, 0.25) is 0 Å². The number of para-hydroxylation sites is 1. The van der Waals surface area contributed by atoms with Crippen molar-refractivity contribution in [2.75, 3.05) is 12.4 Å². The smallest absolute Gasteiger partial charge is 0.191 e. The molecule has 0 saturated heterocycles. The summed E-state index contributed by atoms with van der Waals surface area (Å²) < 4.78 is 5.34. The van der Waals surface area contributed by atoms with E-state index < -0.39 is 0 Å². The molecule has 0 unspecified atom stereocenters. The van der Waals surface area contributed by atoms with E-state index in [-0.39, 0.29) is 0 Å². The van der Waals surface area contributed by atoms with Gasteiger partial charge in [-0.15, -0.1) is 0 Å². The van der Waals surface area contributed by atoms with Crippen LogP contribution in [0.4, 0.5) is 5.69 Å². The molecule has 4 nitrogen and oxygen atoms in total. The van der Waals surface area contributed by atoms with E-state index in [1.165, 1.54) is 5.56 Å². The summed E-state index contributed by atoms with van der Waals surface area (Å²) in [5.41, 5.74) is 6.82. The molecule has 0 aromatic heterocycles. The van der Waals surface area contributed by atoms with Crippen molar-refractivity contribution < 1.29 is 4.74 Å². The Hall–Kier alpha value is -2.40. The molecule has 0 aliphatic heterocycles. The largest absolute Gasteiger partial charge is 0.496 e. The van der Waals surface area contributed by atoms with E-state index in [1.54, 1.807) is 7.11 Å². The Kier molecular flexibility index (Phi) is 6.32. The number of thiocarbonyl (C=S) groups is 1. The highest BCUT2D eigenvalue weighted by molar-refractivity contribution is 7.80. The van der Waals surface area contributed by atoms with Crippen molar-refractivity contribution in [3.8, 4) is 5.75 Å². The lowest BCUT2D eigenvalue weighted by Crippen LogP contribution is -2.25. The number of anilines is 1. The van der Waals surface area contributed by atoms with Gasteiger partial charge in [-0.25, -0.2) is 0 Å². The first-order valence-electron chi connectivity index (χ1n) is 7.86. The van der Waals surface area contributed by atoms with Crippen LogP contribution in [0.3, 0.4) is 0 Å². The van der Waals surface area contributed by atoms with Gasteiger partial charge in [-0.05, 0) is 54.9 Å². The number of hydrazone groups is 1. The molecular formula is C19H23N3OS. The number of nitrogens with one attached hydrogen (secondary N) is 2. The second-order valence-electron chi connectivity index (χ2n) is 5.74. The number of nitrogens with zero attached hydrogens (tertiary/aromatic N) is 1. The highest BCUT2D eigenvalue weighted by Gasteiger charge is 2.05. The molecule has 0 aliphatic rings. The van der Waals surface area contributed by atoms with Crippen molar-refractivity contribution in [1.82, 2.24) is 5.43 Å². The number of rotatable bonds is 5. The third kappa shape index (κ3) is 4.80. The summed E-state index contributed by atoms with van der Waals surface area (Å²) in [6, 6.07) is 16.0. The van der Waals surface area contributed by atoms with E-state index in [0.29, 0.717) is 11.0 Å². The number of hydrogen-bond donors (Lipinski definition) is 2. The highest BCUT2D eigenvalue weighted by atomic mass is 32.1. The third-order valence-corrected chi connectivity index (χ3v) is 3.85. The fourth-order valence-electron chi connectivity index (χ4n) is 2.25.